The van der Waals surface area contributed by atoms with Crippen LogP contribution in [0, 0.1) is 0 Å². The van der Waals surface area contributed by atoms with E-state index in [9.17, 15) is 4.79 Å². The Labute approximate surface area is 113 Å². The van der Waals surface area contributed by atoms with Crippen LogP contribution in [0.1, 0.15) is 38.4 Å². The largest absolute Gasteiger partial charge is 0.480 e. The van der Waals surface area contributed by atoms with Gasteiger partial charge in [0, 0.05) is 6.42 Å². The van der Waals surface area contributed by atoms with Crippen molar-refractivity contribution in [3.63, 3.8) is 0 Å². The summed E-state index contributed by atoms with van der Waals surface area (Å²) >= 11 is 0. The summed E-state index contributed by atoms with van der Waals surface area (Å²) in [6, 6.07) is -0.562. The number of unbranched alkanes of at least 4 members (excludes halogenated alkanes) is 1. The average Bonchev–Trinajstić information content (AvgIpc) is 2.72. The molecule has 0 fully saturated rings. The molecule has 0 bridgehead atoms. The minimum atomic E-state index is -0.859. The maximum Gasteiger partial charge on any atom is 0.320 e. The van der Waals surface area contributed by atoms with E-state index in [1.165, 1.54) is 0 Å². The second-order valence-corrected chi connectivity index (χ2v) is 4.14. The third-order valence-electron chi connectivity index (χ3n) is 2.66. The van der Waals surface area contributed by atoms with Crippen molar-refractivity contribution in [3.05, 3.63) is 11.7 Å². The van der Waals surface area contributed by atoms with E-state index in [2.05, 4.69) is 17.1 Å². The van der Waals surface area contributed by atoms with Crippen molar-refractivity contribution in [1.82, 2.24) is 15.0 Å². The highest BCUT2D eigenvalue weighted by Gasteiger charge is 2.18. The number of aryl methyl sites for hydroxylation is 1. The van der Waals surface area contributed by atoms with Crippen LogP contribution in [0.4, 0.5) is 0 Å². The lowest BCUT2D eigenvalue weighted by molar-refractivity contribution is -0.142. The van der Waals surface area contributed by atoms with Crippen molar-refractivity contribution in [2.24, 2.45) is 0 Å². The Bertz CT molecular complexity index is 370. The summed E-state index contributed by atoms with van der Waals surface area (Å²) in [5, 5.41) is 12.7. The van der Waals surface area contributed by atoms with E-state index in [1.807, 2.05) is 0 Å². The van der Waals surface area contributed by atoms with Gasteiger partial charge in [-0.05, 0) is 20.4 Å². The fraction of sp³-hybridized carbons (Fsp3) is 0.727. The highest BCUT2D eigenvalue weighted by molar-refractivity contribution is 5.85. The molecular weight excluding hydrogens is 258 g/mol. The molecule has 0 saturated carbocycles. The van der Waals surface area contributed by atoms with Gasteiger partial charge in [0.15, 0.2) is 5.82 Å². The minimum Gasteiger partial charge on any atom is -0.480 e. The van der Waals surface area contributed by atoms with E-state index in [4.69, 9.17) is 9.63 Å². The van der Waals surface area contributed by atoms with Crippen LogP contribution < -0.4 is 0 Å². The third kappa shape index (κ3) is 5.01. The quantitative estimate of drug-likeness (QED) is 0.818. The van der Waals surface area contributed by atoms with Crippen molar-refractivity contribution in [3.8, 4) is 0 Å². The molecule has 7 heteroatoms. The lowest BCUT2D eigenvalue weighted by atomic mass is 10.2. The van der Waals surface area contributed by atoms with E-state index in [-0.39, 0.29) is 12.4 Å². The number of carbonyl (C=O) groups is 1. The second-order valence-electron chi connectivity index (χ2n) is 4.14. The Kier molecular flexibility index (Phi) is 7.54. The molecule has 0 radical (unpaired) electrons. The Morgan fingerprint density at radius 1 is 1.56 bits per heavy atom. The van der Waals surface area contributed by atoms with E-state index in [0.29, 0.717) is 18.3 Å². The van der Waals surface area contributed by atoms with Crippen molar-refractivity contribution >= 4 is 18.4 Å². The molecule has 1 N–H and O–H groups in total. The number of nitrogens with zero attached hydrogens (tertiary/aromatic N) is 3. The van der Waals surface area contributed by atoms with Gasteiger partial charge in [-0.25, -0.2) is 0 Å². The smallest absolute Gasteiger partial charge is 0.320 e. The zero-order valence-electron chi connectivity index (χ0n) is 10.9. The molecule has 1 heterocycles. The molecule has 104 valence electrons. The molecule has 1 aromatic rings. The minimum absolute atomic E-state index is 0. The number of carboxylic acid groups (broad SMARTS) is 1. The summed E-state index contributed by atoms with van der Waals surface area (Å²) in [7, 11) is 1.72. The number of likely N-dealkylation sites (N-methyl/N-ethyl adjacent to an activating group) is 1. The number of carboxylic acids is 1. The average molecular weight is 278 g/mol. The highest BCUT2D eigenvalue weighted by Crippen LogP contribution is 2.06. The predicted molar refractivity (Wildman–Crippen MR) is 68.7 cm³/mol. The molecule has 0 saturated heterocycles. The fourth-order valence-electron chi connectivity index (χ4n) is 1.33. The monoisotopic (exact) mass is 277 g/mol. The van der Waals surface area contributed by atoms with Crippen molar-refractivity contribution in [1.29, 1.82) is 0 Å². The maximum atomic E-state index is 10.8. The lowest BCUT2D eigenvalue weighted by Crippen LogP contribution is -2.35. The van der Waals surface area contributed by atoms with Crippen LogP contribution in [-0.2, 0) is 17.8 Å². The molecule has 6 nitrogen and oxygen atoms in total. The standard InChI is InChI=1S/C11H19N3O3.ClH/c1-4-5-6-10-12-9(13-17-10)7-14(3)8(2)11(15)16;/h8H,4-7H2,1-3H3,(H,15,16);1H. The summed E-state index contributed by atoms with van der Waals surface area (Å²) in [6.45, 7) is 4.10. The van der Waals surface area contributed by atoms with Crippen LogP contribution in [0.2, 0.25) is 0 Å². The SMILES string of the molecule is CCCCc1nc(CN(C)C(C)C(=O)O)no1.Cl. The van der Waals surface area contributed by atoms with Gasteiger partial charge in [0.1, 0.15) is 6.04 Å². The van der Waals surface area contributed by atoms with E-state index >= 15 is 0 Å². The molecule has 0 aliphatic carbocycles. The van der Waals surface area contributed by atoms with Crippen LogP contribution >= 0.6 is 12.4 Å². The van der Waals surface area contributed by atoms with Crippen LogP contribution in [0.15, 0.2) is 4.52 Å². The van der Waals surface area contributed by atoms with Crippen molar-refractivity contribution in [2.45, 2.75) is 45.7 Å². The Balaban J connectivity index is 0.00000289. The first-order valence-corrected chi connectivity index (χ1v) is 5.79. The van der Waals surface area contributed by atoms with E-state index in [1.54, 1.807) is 18.9 Å². The van der Waals surface area contributed by atoms with Gasteiger partial charge in [-0.1, -0.05) is 18.5 Å². The molecule has 1 aromatic heterocycles. The molecular formula is C11H20ClN3O3. The van der Waals surface area contributed by atoms with Gasteiger partial charge < -0.3 is 9.63 Å². The van der Waals surface area contributed by atoms with E-state index < -0.39 is 12.0 Å². The highest BCUT2D eigenvalue weighted by atomic mass is 35.5. The first-order valence-electron chi connectivity index (χ1n) is 5.79. The van der Waals surface area contributed by atoms with Gasteiger partial charge in [0.25, 0.3) is 0 Å². The zero-order valence-corrected chi connectivity index (χ0v) is 11.7. The molecule has 18 heavy (non-hydrogen) atoms. The topological polar surface area (TPSA) is 79.5 Å². The molecule has 0 amide bonds. The number of hydrogen-bond acceptors (Lipinski definition) is 5. The van der Waals surface area contributed by atoms with Crippen LogP contribution in [0.25, 0.3) is 0 Å². The molecule has 0 aliphatic heterocycles. The van der Waals surface area contributed by atoms with Crippen LogP contribution in [0.5, 0.6) is 0 Å². The van der Waals surface area contributed by atoms with Crippen molar-refractivity contribution in [2.75, 3.05) is 7.05 Å². The molecule has 0 aromatic carbocycles. The first-order chi connectivity index (χ1) is 8.04. The number of hydrogen-bond donors (Lipinski definition) is 1. The number of aromatic nitrogens is 2. The Hall–Kier alpha value is -1.14. The third-order valence-corrected chi connectivity index (χ3v) is 2.66. The fourth-order valence-corrected chi connectivity index (χ4v) is 1.33. The van der Waals surface area contributed by atoms with Gasteiger partial charge in [0.2, 0.25) is 5.89 Å². The number of halogens is 1. The molecule has 0 aliphatic rings. The normalized spacial score (nSPS) is 12.2. The van der Waals surface area contributed by atoms with Gasteiger partial charge in [-0.3, -0.25) is 9.69 Å². The van der Waals surface area contributed by atoms with Gasteiger partial charge in [-0.2, -0.15) is 4.98 Å². The van der Waals surface area contributed by atoms with Crippen LogP contribution in [0.3, 0.4) is 0 Å². The Morgan fingerprint density at radius 2 is 2.22 bits per heavy atom. The van der Waals surface area contributed by atoms with Gasteiger partial charge >= 0.3 is 5.97 Å². The summed E-state index contributed by atoms with van der Waals surface area (Å²) in [5.41, 5.74) is 0. The molecule has 1 rings (SSSR count). The number of rotatable bonds is 7. The number of aliphatic carboxylic acids is 1. The summed E-state index contributed by atoms with van der Waals surface area (Å²) in [6.07, 6.45) is 2.87. The Morgan fingerprint density at radius 3 is 2.78 bits per heavy atom. The van der Waals surface area contributed by atoms with Gasteiger partial charge in [0.05, 0.1) is 6.54 Å². The van der Waals surface area contributed by atoms with Gasteiger partial charge in [-0.15, -0.1) is 12.4 Å². The molecule has 1 unspecified atom stereocenters. The summed E-state index contributed by atoms with van der Waals surface area (Å²) in [4.78, 5) is 16.7. The zero-order chi connectivity index (χ0) is 12.8. The summed E-state index contributed by atoms with van der Waals surface area (Å²) < 4.78 is 5.07. The van der Waals surface area contributed by atoms with E-state index in [0.717, 1.165) is 19.3 Å². The maximum absolute atomic E-state index is 10.8. The van der Waals surface area contributed by atoms with Crippen molar-refractivity contribution < 1.29 is 14.4 Å². The summed E-state index contributed by atoms with van der Waals surface area (Å²) in [5.74, 6) is 0.298. The molecule has 1 atom stereocenters. The second kappa shape index (κ2) is 8.05. The lowest BCUT2D eigenvalue weighted by Gasteiger charge is -2.18. The van der Waals surface area contributed by atoms with Crippen LogP contribution in [-0.4, -0.2) is 39.2 Å². The predicted octanol–water partition coefficient (Wildman–Crippen LogP) is 1.74. The molecule has 0 spiro atoms. The first kappa shape index (κ1) is 16.9.